The lowest BCUT2D eigenvalue weighted by Crippen LogP contribution is -2.12. The molecule has 0 bridgehead atoms. The van der Waals surface area contributed by atoms with Crippen molar-refractivity contribution >= 4 is 26.7 Å². The van der Waals surface area contributed by atoms with E-state index in [0.29, 0.717) is 16.7 Å². The predicted octanol–water partition coefficient (Wildman–Crippen LogP) is 3.54. The molecule has 7 nitrogen and oxygen atoms in total. The first kappa shape index (κ1) is 18.0. The highest BCUT2D eigenvalue weighted by Crippen LogP contribution is 2.21. The van der Waals surface area contributed by atoms with E-state index in [4.69, 9.17) is 4.74 Å². The van der Waals surface area contributed by atoms with Crippen molar-refractivity contribution in [3.63, 3.8) is 0 Å². The molecule has 3 aromatic carbocycles. The van der Waals surface area contributed by atoms with Gasteiger partial charge in [-0.15, -0.1) is 10.2 Å². The Morgan fingerprint density at radius 3 is 2.25 bits per heavy atom. The first-order valence-electron chi connectivity index (χ1n) is 8.56. The molecule has 0 atom stereocenters. The molecule has 0 aliphatic rings. The molecule has 0 saturated carbocycles. The van der Waals surface area contributed by atoms with Crippen LogP contribution in [0.4, 0.5) is 5.69 Å². The number of hydrogen-bond acceptors (Lipinski definition) is 5. The quantitative estimate of drug-likeness (QED) is 0.560. The topological polar surface area (TPSA) is 86.1 Å². The summed E-state index contributed by atoms with van der Waals surface area (Å²) < 4.78 is 32.9. The van der Waals surface area contributed by atoms with E-state index in [2.05, 4.69) is 14.9 Å². The summed E-state index contributed by atoms with van der Waals surface area (Å²) in [6, 6.07) is 19.1. The maximum absolute atomic E-state index is 12.6. The normalized spacial score (nSPS) is 11.5. The lowest BCUT2D eigenvalue weighted by atomic mass is 10.2. The number of rotatable bonds is 5. The van der Waals surface area contributed by atoms with Gasteiger partial charge in [0.2, 0.25) is 0 Å². The van der Waals surface area contributed by atoms with E-state index in [1.807, 2.05) is 31.2 Å². The van der Waals surface area contributed by atoms with Crippen molar-refractivity contribution in [2.45, 2.75) is 11.8 Å². The number of hydrogen-bond donors (Lipinski definition) is 1. The van der Waals surface area contributed by atoms with E-state index in [-0.39, 0.29) is 4.90 Å². The molecule has 4 rings (SSSR count). The van der Waals surface area contributed by atoms with Gasteiger partial charge in [0.1, 0.15) is 16.8 Å². The number of aryl methyl sites for hydroxylation is 1. The van der Waals surface area contributed by atoms with Gasteiger partial charge in [-0.25, -0.2) is 8.42 Å². The molecular formula is C20H18N4O3S. The summed E-state index contributed by atoms with van der Waals surface area (Å²) in [5.74, 6) is 0.744. The summed E-state index contributed by atoms with van der Waals surface area (Å²) in [5, 5.41) is 8.87. The molecule has 0 unspecified atom stereocenters. The molecule has 142 valence electrons. The number of benzene rings is 3. The van der Waals surface area contributed by atoms with Crippen LogP contribution in [0.1, 0.15) is 5.56 Å². The lowest BCUT2D eigenvalue weighted by molar-refractivity contribution is 0.414. The van der Waals surface area contributed by atoms with Crippen LogP contribution in [0.3, 0.4) is 0 Å². The van der Waals surface area contributed by atoms with Gasteiger partial charge in [0.05, 0.1) is 23.4 Å². The summed E-state index contributed by atoms with van der Waals surface area (Å²) in [4.78, 5) is 1.71. The van der Waals surface area contributed by atoms with Gasteiger partial charge in [0, 0.05) is 0 Å². The molecule has 0 aliphatic heterocycles. The second kappa shape index (κ2) is 6.97. The third kappa shape index (κ3) is 3.54. The van der Waals surface area contributed by atoms with Crippen molar-refractivity contribution < 1.29 is 13.2 Å². The van der Waals surface area contributed by atoms with E-state index in [0.717, 1.165) is 17.0 Å². The number of sulfonamides is 1. The highest BCUT2D eigenvalue weighted by atomic mass is 32.2. The third-order valence-electron chi connectivity index (χ3n) is 4.27. The number of anilines is 1. The minimum absolute atomic E-state index is 0.208. The Morgan fingerprint density at radius 2 is 1.57 bits per heavy atom. The molecule has 1 heterocycles. The van der Waals surface area contributed by atoms with Crippen LogP contribution in [-0.4, -0.2) is 30.5 Å². The summed E-state index contributed by atoms with van der Waals surface area (Å²) >= 11 is 0. The smallest absolute Gasteiger partial charge is 0.261 e. The van der Waals surface area contributed by atoms with Crippen LogP contribution < -0.4 is 9.46 Å². The van der Waals surface area contributed by atoms with Crippen LogP contribution in [-0.2, 0) is 10.0 Å². The molecule has 28 heavy (non-hydrogen) atoms. The standard InChI is InChI=1S/C20H18N4O3S/c1-14-3-10-18(11-4-14)28(25,26)23-15-5-12-19-20(13-15)22-24(21-19)16-6-8-17(27-2)9-7-16/h3-13,23H,1-2H3. The molecule has 0 spiro atoms. The fourth-order valence-corrected chi connectivity index (χ4v) is 3.79. The maximum Gasteiger partial charge on any atom is 0.261 e. The van der Waals surface area contributed by atoms with E-state index < -0.39 is 10.0 Å². The van der Waals surface area contributed by atoms with Crippen molar-refractivity contribution in [2.75, 3.05) is 11.8 Å². The highest BCUT2D eigenvalue weighted by molar-refractivity contribution is 7.92. The Hall–Kier alpha value is -3.39. The average Bonchev–Trinajstić information content (AvgIpc) is 3.11. The average molecular weight is 394 g/mol. The molecule has 1 N–H and O–H groups in total. The van der Waals surface area contributed by atoms with E-state index in [1.54, 1.807) is 49.6 Å². The number of fused-ring (bicyclic) bond motifs is 1. The van der Waals surface area contributed by atoms with Gasteiger partial charge in [-0.2, -0.15) is 4.80 Å². The molecule has 0 radical (unpaired) electrons. The van der Waals surface area contributed by atoms with Gasteiger partial charge in [0.25, 0.3) is 10.0 Å². The SMILES string of the molecule is COc1ccc(-n2nc3ccc(NS(=O)(=O)c4ccc(C)cc4)cc3n2)cc1. The minimum Gasteiger partial charge on any atom is -0.497 e. The lowest BCUT2D eigenvalue weighted by Gasteiger charge is -2.08. The molecule has 4 aromatic rings. The number of aromatic nitrogens is 3. The molecule has 1 aromatic heterocycles. The fraction of sp³-hybridized carbons (Fsp3) is 0.100. The second-order valence-electron chi connectivity index (χ2n) is 6.31. The van der Waals surface area contributed by atoms with Gasteiger partial charge >= 0.3 is 0 Å². The first-order valence-corrected chi connectivity index (χ1v) is 10.0. The zero-order valence-electron chi connectivity index (χ0n) is 15.3. The van der Waals surface area contributed by atoms with E-state index in [9.17, 15) is 8.42 Å². The minimum atomic E-state index is -3.67. The van der Waals surface area contributed by atoms with Gasteiger partial charge in [-0.3, -0.25) is 4.72 Å². The largest absolute Gasteiger partial charge is 0.497 e. The Morgan fingerprint density at radius 1 is 0.893 bits per heavy atom. The van der Waals surface area contributed by atoms with Crippen molar-refractivity contribution in [3.05, 3.63) is 72.3 Å². The number of ether oxygens (including phenoxy) is 1. The van der Waals surface area contributed by atoms with Crippen molar-refractivity contribution in [2.24, 2.45) is 0 Å². The fourth-order valence-electron chi connectivity index (χ4n) is 2.74. The maximum atomic E-state index is 12.6. The van der Waals surface area contributed by atoms with Gasteiger partial charge in [0.15, 0.2) is 0 Å². The van der Waals surface area contributed by atoms with E-state index in [1.165, 1.54) is 4.80 Å². The predicted molar refractivity (Wildman–Crippen MR) is 107 cm³/mol. The summed E-state index contributed by atoms with van der Waals surface area (Å²) in [5.41, 5.74) is 3.44. The third-order valence-corrected chi connectivity index (χ3v) is 5.66. The Bertz CT molecular complexity index is 1230. The number of nitrogens with zero attached hydrogens (tertiary/aromatic N) is 3. The van der Waals surface area contributed by atoms with Crippen LogP contribution in [0, 0.1) is 6.92 Å². The summed E-state index contributed by atoms with van der Waals surface area (Å²) in [6.45, 7) is 1.91. The van der Waals surface area contributed by atoms with Crippen LogP contribution in [0.5, 0.6) is 5.75 Å². The zero-order chi connectivity index (χ0) is 19.7. The molecule has 0 aliphatic carbocycles. The van der Waals surface area contributed by atoms with Crippen LogP contribution >= 0.6 is 0 Å². The van der Waals surface area contributed by atoms with Crippen LogP contribution in [0.15, 0.2) is 71.6 Å². The molecule has 0 saturated heterocycles. The monoisotopic (exact) mass is 394 g/mol. The van der Waals surface area contributed by atoms with Crippen molar-refractivity contribution in [3.8, 4) is 11.4 Å². The van der Waals surface area contributed by atoms with Crippen LogP contribution in [0.2, 0.25) is 0 Å². The Kier molecular flexibility index (Phi) is 4.48. The number of methoxy groups -OCH3 is 1. The van der Waals surface area contributed by atoms with E-state index >= 15 is 0 Å². The highest BCUT2D eigenvalue weighted by Gasteiger charge is 2.15. The molecular weight excluding hydrogens is 376 g/mol. The van der Waals surface area contributed by atoms with Gasteiger partial charge < -0.3 is 4.74 Å². The summed E-state index contributed by atoms with van der Waals surface area (Å²) in [7, 11) is -2.06. The molecule has 0 fully saturated rings. The molecule has 8 heteroatoms. The van der Waals surface area contributed by atoms with Crippen molar-refractivity contribution in [1.29, 1.82) is 0 Å². The number of nitrogens with one attached hydrogen (secondary N) is 1. The zero-order valence-corrected chi connectivity index (χ0v) is 16.1. The Labute approximate surface area is 162 Å². The molecule has 0 amide bonds. The first-order chi connectivity index (χ1) is 13.4. The van der Waals surface area contributed by atoms with Gasteiger partial charge in [-0.05, 0) is 61.5 Å². The van der Waals surface area contributed by atoms with Gasteiger partial charge in [-0.1, -0.05) is 17.7 Å². The summed E-state index contributed by atoms with van der Waals surface area (Å²) in [6.07, 6.45) is 0. The Balaban J connectivity index is 1.63. The van der Waals surface area contributed by atoms with Crippen LogP contribution in [0.25, 0.3) is 16.7 Å². The van der Waals surface area contributed by atoms with Crippen molar-refractivity contribution in [1.82, 2.24) is 15.0 Å². The second-order valence-corrected chi connectivity index (χ2v) is 7.99.